The van der Waals surface area contributed by atoms with Crippen molar-refractivity contribution in [2.75, 3.05) is 25.0 Å². The Balaban J connectivity index is 2.01. The van der Waals surface area contributed by atoms with Gasteiger partial charge in [0.25, 0.3) is 0 Å². The van der Waals surface area contributed by atoms with E-state index in [9.17, 15) is 0 Å². The maximum absolute atomic E-state index is 4.47. The smallest absolute Gasteiger partial charge is 0.0552 e. The Morgan fingerprint density at radius 2 is 1.94 bits per heavy atom. The number of anilines is 1. The fraction of sp³-hybridized carbons (Fsp3) is 0.615. The van der Waals surface area contributed by atoms with Crippen molar-refractivity contribution in [1.29, 1.82) is 0 Å². The summed E-state index contributed by atoms with van der Waals surface area (Å²) in [6.07, 6.45) is 7.40. The summed E-state index contributed by atoms with van der Waals surface area (Å²) in [5, 5.41) is 3.12. The molecule has 3 heteroatoms. The minimum absolute atomic E-state index is 0.848. The van der Waals surface area contributed by atoms with Crippen LogP contribution in [0.5, 0.6) is 0 Å². The molecule has 0 saturated carbocycles. The van der Waals surface area contributed by atoms with Gasteiger partial charge in [0.2, 0.25) is 0 Å². The lowest BCUT2D eigenvalue weighted by Gasteiger charge is -2.22. The van der Waals surface area contributed by atoms with Gasteiger partial charge in [-0.25, -0.2) is 0 Å². The highest BCUT2D eigenvalue weighted by atomic mass is 15.1. The summed E-state index contributed by atoms with van der Waals surface area (Å²) in [4.78, 5) is 6.93. The quantitative estimate of drug-likeness (QED) is 0.844. The molecule has 16 heavy (non-hydrogen) atoms. The first-order valence-corrected chi connectivity index (χ1v) is 6.24. The van der Waals surface area contributed by atoms with Crippen molar-refractivity contribution < 1.29 is 0 Å². The molecular weight excluding hydrogens is 198 g/mol. The largest absolute Gasteiger partial charge is 0.370 e. The molecule has 1 aliphatic rings. The van der Waals surface area contributed by atoms with E-state index < -0.39 is 0 Å². The Bertz CT molecular complexity index is 299. The molecule has 1 aromatic rings. The number of hydrogen-bond donors (Lipinski definition) is 1. The molecule has 1 aliphatic heterocycles. The van der Waals surface area contributed by atoms with Gasteiger partial charge >= 0.3 is 0 Å². The van der Waals surface area contributed by atoms with Gasteiger partial charge < -0.3 is 10.2 Å². The predicted molar refractivity (Wildman–Crippen MR) is 67.7 cm³/mol. The van der Waals surface area contributed by atoms with Crippen molar-refractivity contribution in [3.63, 3.8) is 0 Å². The third-order valence-corrected chi connectivity index (χ3v) is 3.14. The molecule has 1 saturated heterocycles. The summed E-state index contributed by atoms with van der Waals surface area (Å²) in [6, 6.07) is 4.32. The van der Waals surface area contributed by atoms with Crippen LogP contribution in [-0.4, -0.2) is 25.1 Å². The van der Waals surface area contributed by atoms with Crippen LogP contribution in [-0.2, 0) is 6.54 Å². The Hall–Kier alpha value is -1.09. The van der Waals surface area contributed by atoms with Crippen molar-refractivity contribution in [3.8, 4) is 0 Å². The highest BCUT2D eigenvalue weighted by molar-refractivity contribution is 5.44. The molecule has 1 N–H and O–H groups in total. The van der Waals surface area contributed by atoms with Crippen molar-refractivity contribution in [2.45, 2.75) is 32.2 Å². The minimum atomic E-state index is 0.848. The number of hydrogen-bond acceptors (Lipinski definition) is 3. The standard InChI is InChI=1S/C13H21N3/c1-14-10-12-6-7-13(11-15-12)16-8-4-2-3-5-9-16/h6-7,11,14H,2-5,8-10H2,1H3. The monoisotopic (exact) mass is 219 g/mol. The van der Waals surface area contributed by atoms with E-state index >= 15 is 0 Å². The third-order valence-electron chi connectivity index (χ3n) is 3.14. The zero-order chi connectivity index (χ0) is 11.2. The molecule has 3 nitrogen and oxygen atoms in total. The van der Waals surface area contributed by atoms with Crippen molar-refractivity contribution in [3.05, 3.63) is 24.0 Å². The Morgan fingerprint density at radius 1 is 1.19 bits per heavy atom. The maximum Gasteiger partial charge on any atom is 0.0552 e. The third kappa shape index (κ3) is 2.95. The van der Waals surface area contributed by atoms with Crippen LogP contribution in [0, 0.1) is 0 Å². The molecule has 1 aromatic heterocycles. The molecule has 0 aromatic carbocycles. The van der Waals surface area contributed by atoms with E-state index in [4.69, 9.17) is 0 Å². The summed E-state index contributed by atoms with van der Waals surface area (Å²) in [7, 11) is 1.95. The van der Waals surface area contributed by atoms with Gasteiger partial charge in [-0.3, -0.25) is 4.98 Å². The normalized spacial score (nSPS) is 17.2. The Morgan fingerprint density at radius 3 is 2.50 bits per heavy atom. The van der Waals surface area contributed by atoms with E-state index in [-0.39, 0.29) is 0 Å². The summed E-state index contributed by atoms with van der Waals surface area (Å²) >= 11 is 0. The number of aromatic nitrogens is 1. The molecule has 2 heterocycles. The highest BCUT2D eigenvalue weighted by Gasteiger charge is 2.09. The zero-order valence-electron chi connectivity index (χ0n) is 10.1. The fourth-order valence-corrected chi connectivity index (χ4v) is 2.22. The van der Waals surface area contributed by atoms with Crippen molar-refractivity contribution in [2.24, 2.45) is 0 Å². The van der Waals surface area contributed by atoms with Crippen LogP contribution in [0.1, 0.15) is 31.4 Å². The molecule has 0 bridgehead atoms. The number of nitrogens with zero attached hydrogens (tertiary/aromatic N) is 2. The van der Waals surface area contributed by atoms with E-state index in [1.807, 2.05) is 13.2 Å². The second-order valence-electron chi connectivity index (χ2n) is 4.44. The molecule has 2 rings (SSSR count). The van der Waals surface area contributed by atoms with Gasteiger partial charge in [0.15, 0.2) is 0 Å². The van der Waals surface area contributed by atoms with Crippen LogP contribution < -0.4 is 10.2 Å². The minimum Gasteiger partial charge on any atom is -0.370 e. The second-order valence-corrected chi connectivity index (χ2v) is 4.44. The van der Waals surface area contributed by atoms with Gasteiger partial charge in [0.05, 0.1) is 17.6 Å². The van der Waals surface area contributed by atoms with Crippen LogP contribution in [0.15, 0.2) is 18.3 Å². The average molecular weight is 219 g/mol. The number of nitrogens with one attached hydrogen (secondary N) is 1. The molecule has 0 unspecified atom stereocenters. The first-order chi connectivity index (χ1) is 7.90. The number of rotatable bonds is 3. The van der Waals surface area contributed by atoms with Gasteiger partial charge in [-0.1, -0.05) is 12.8 Å². The van der Waals surface area contributed by atoms with Gasteiger partial charge in [0.1, 0.15) is 0 Å². The van der Waals surface area contributed by atoms with Gasteiger partial charge in [0, 0.05) is 19.6 Å². The first-order valence-electron chi connectivity index (χ1n) is 6.24. The van der Waals surface area contributed by atoms with Crippen LogP contribution >= 0.6 is 0 Å². The van der Waals surface area contributed by atoms with Crippen molar-refractivity contribution in [1.82, 2.24) is 10.3 Å². The van der Waals surface area contributed by atoms with Crippen LogP contribution in [0.3, 0.4) is 0 Å². The molecule has 88 valence electrons. The second kappa shape index (κ2) is 5.85. The van der Waals surface area contributed by atoms with E-state index in [0.29, 0.717) is 0 Å². The first kappa shape index (κ1) is 11.4. The predicted octanol–water partition coefficient (Wildman–Crippen LogP) is 2.18. The molecule has 1 fully saturated rings. The lowest BCUT2D eigenvalue weighted by Crippen LogP contribution is -2.24. The number of pyridine rings is 1. The molecule has 0 atom stereocenters. The molecule has 0 amide bonds. The van der Waals surface area contributed by atoms with E-state index in [0.717, 1.165) is 12.2 Å². The summed E-state index contributed by atoms with van der Waals surface area (Å²) in [5.41, 5.74) is 2.39. The molecule has 0 spiro atoms. The van der Waals surface area contributed by atoms with Gasteiger partial charge in [-0.15, -0.1) is 0 Å². The fourth-order valence-electron chi connectivity index (χ4n) is 2.22. The molecular formula is C13H21N3. The van der Waals surface area contributed by atoms with Gasteiger partial charge in [-0.05, 0) is 32.0 Å². The maximum atomic E-state index is 4.47. The Kier molecular flexibility index (Phi) is 4.17. The van der Waals surface area contributed by atoms with Crippen LogP contribution in [0.2, 0.25) is 0 Å². The van der Waals surface area contributed by atoms with Crippen molar-refractivity contribution >= 4 is 5.69 Å². The summed E-state index contributed by atoms with van der Waals surface area (Å²) < 4.78 is 0. The van der Waals surface area contributed by atoms with Gasteiger partial charge in [-0.2, -0.15) is 0 Å². The topological polar surface area (TPSA) is 28.2 Å². The lowest BCUT2D eigenvalue weighted by atomic mass is 10.2. The molecule has 0 aliphatic carbocycles. The van der Waals surface area contributed by atoms with E-state index in [1.165, 1.54) is 44.5 Å². The van der Waals surface area contributed by atoms with E-state index in [2.05, 4.69) is 27.3 Å². The SMILES string of the molecule is CNCc1ccc(N2CCCCCC2)cn1. The average Bonchev–Trinajstić information content (AvgIpc) is 2.59. The van der Waals surface area contributed by atoms with Crippen LogP contribution in [0.4, 0.5) is 5.69 Å². The zero-order valence-corrected chi connectivity index (χ0v) is 10.1. The van der Waals surface area contributed by atoms with E-state index in [1.54, 1.807) is 0 Å². The van der Waals surface area contributed by atoms with Crippen LogP contribution in [0.25, 0.3) is 0 Å². The molecule has 0 radical (unpaired) electrons. The summed E-state index contributed by atoms with van der Waals surface area (Å²) in [5.74, 6) is 0. The highest BCUT2D eigenvalue weighted by Crippen LogP contribution is 2.18. The summed E-state index contributed by atoms with van der Waals surface area (Å²) in [6.45, 7) is 3.22. The lowest BCUT2D eigenvalue weighted by molar-refractivity contribution is 0.726. The Labute approximate surface area is 97.9 Å².